The average Bonchev–Trinajstić information content (AvgIpc) is 1.59. The van der Waals surface area contributed by atoms with Gasteiger partial charge in [0.2, 0.25) is 0 Å². The molecule has 0 saturated carbocycles. The molecule has 1 aliphatic heterocycles. The Labute approximate surface area is 755 Å². The van der Waals surface area contributed by atoms with E-state index in [-0.39, 0.29) is 0 Å². The molecular weight excluding hydrogens is 1580 g/mol. The van der Waals surface area contributed by atoms with Gasteiger partial charge in [0.15, 0.2) is 0 Å². The molecule has 0 saturated heterocycles. The van der Waals surface area contributed by atoms with Gasteiger partial charge in [-0.05, 0) is 292 Å². The third-order valence-corrected chi connectivity index (χ3v) is 25.4. The van der Waals surface area contributed by atoms with E-state index in [0.717, 1.165) is 181 Å². The van der Waals surface area contributed by atoms with Gasteiger partial charge >= 0.3 is 0 Å². The van der Waals surface area contributed by atoms with E-state index in [0.29, 0.717) is 6.61 Å². The van der Waals surface area contributed by atoms with Crippen LogP contribution in [0.1, 0.15) is 17.5 Å². The van der Waals surface area contributed by atoms with Crippen LogP contribution in [0.3, 0.4) is 0 Å². The maximum Gasteiger partial charge on any atom is 0.136 e. The highest BCUT2D eigenvalue weighted by molar-refractivity contribution is 6.12. The van der Waals surface area contributed by atoms with Gasteiger partial charge in [-0.3, -0.25) is 0 Å². The van der Waals surface area contributed by atoms with E-state index in [4.69, 9.17) is 9.15 Å². The number of aromatic nitrogens is 2. The zero-order valence-corrected chi connectivity index (χ0v) is 71.3. The zero-order chi connectivity index (χ0) is 86.4. The predicted octanol–water partition coefficient (Wildman–Crippen LogP) is 33.8. The van der Waals surface area contributed by atoms with Crippen molar-refractivity contribution in [3.05, 3.63) is 503 Å². The molecule has 8 nitrogen and oxygen atoms in total. The number of allylic oxidation sites excluding steroid dienone is 4. The minimum Gasteiger partial charge on any atom is -0.493 e. The number of furan rings is 1. The van der Waals surface area contributed by atoms with Crippen LogP contribution in [0.4, 0.5) is 68.2 Å². The van der Waals surface area contributed by atoms with E-state index in [9.17, 15) is 0 Å². The van der Waals surface area contributed by atoms with Crippen LogP contribution in [-0.2, 0) is 0 Å². The Kier molecular flexibility index (Phi) is 20.1. The first-order chi connectivity index (χ1) is 64.4. The largest absolute Gasteiger partial charge is 0.493 e. The smallest absolute Gasteiger partial charge is 0.136 e. The summed E-state index contributed by atoms with van der Waals surface area (Å²) in [4.78, 5) is 9.40. The summed E-state index contributed by atoms with van der Waals surface area (Å²) in [5.41, 5.74) is 34.3. The molecular formula is C122H86N6O2. The fourth-order valence-electron chi connectivity index (χ4n) is 19.0. The SMILES string of the molecule is C=C1/C=C\C(c2ccc(N(c3ccccc3)c3ccc(N(c4ccc(-c5ccc(N(c6ccc(-c7ccc8c(c7)c7ccccc7n8-c7ccccc7)cc6)c6ccc(N(c7ccccc7)c7ccc(-c8ccc9c(c8)oc8ccccc89)cc7)cc6)cc5)cc4)c4ccc(-c5ccc6c(c5)c5ccccc5n6-c5ccccc5)cc4)cc3)cc2)=C/CCOc2ccccc21. The number of hydrogen-bond acceptors (Lipinski definition) is 6. The second-order valence-electron chi connectivity index (χ2n) is 33.1. The van der Waals surface area contributed by atoms with Crippen LogP contribution in [0.2, 0.25) is 0 Å². The molecule has 0 aliphatic carbocycles. The first kappa shape index (κ1) is 77.6. The molecule has 0 fully saturated rings. The van der Waals surface area contributed by atoms with Crippen molar-refractivity contribution in [1.29, 1.82) is 0 Å². The molecule has 19 aromatic carbocycles. The summed E-state index contributed by atoms with van der Waals surface area (Å²) in [7, 11) is 0. The van der Waals surface area contributed by atoms with Crippen molar-refractivity contribution in [2.75, 3.05) is 26.2 Å². The lowest BCUT2D eigenvalue weighted by atomic mass is 9.99. The van der Waals surface area contributed by atoms with Crippen molar-refractivity contribution in [3.63, 3.8) is 0 Å². The lowest BCUT2D eigenvalue weighted by molar-refractivity contribution is 0.324. The van der Waals surface area contributed by atoms with Gasteiger partial charge in [-0.2, -0.15) is 0 Å². The molecule has 8 heteroatoms. The molecule has 0 atom stereocenters. The first-order valence-electron chi connectivity index (χ1n) is 44.4. The van der Waals surface area contributed by atoms with E-state index in [1.807, 2.05) is 30.3 Å². The maximum absolute atomic E-state index is 6.35. The molecule has 0 radical (unpaired) electrons. The second kappa shape index (κ2) is 33.7. The molecule has 1 aliphatic rings. The number of nitrogens with zero attached hydrogens (tertiary/aromatic N) is 6. The van der Waals surface area contributed by atoms with Crippen LogP contribution in [0.5, 0.6) is 5.75 Å². The number of benzene rings is 19. The summed E-state index contributed by atoms with van der Waals surface area (Å²) in [5.74, 6) is 0.858. The van der Waals surface area contributed by atoms with Gasteiger partial charge in [-0.25, -0.2) is 0 Å². The highest BCUT2D eigenvalue weighted by Crippen LogP contribution is 2.47. The molecule has 3 aromatic heterocycles. The van der Waals surface area contributed by atoms with Gasteiger partial charge in [-0.1, -0.05) is 261 Å². The van der Waals surface area contributed by atoms with Crippen molar-refractivity contribution in [1.82, 2.24) is 9.13 Å². The van der Waals surface area contributed by atoms with Gasteiger partial charge in [-0.15, -0.1) is 0 Å². The minimum atomic E-state index is 0.571. The quantitative estimate of drug-likeness (QED) is 0.0804. The third kappa shape index (κ3) is 14.7. The van der Waals surface area contributed by atoms with E-state index in [1.165, 1.54) is 43.6 Å². The maximum atomic E-state index is 6.35. The zero-order valence-electron chi connectivity index (χ0n) is 71.3. The standard InChI is InChI=1S/C122H86N6O2/c1-84-40-41-85(23-22-80-129-120-38-20-16-32-109(84)120)86-42-57-99(58-43-86)123(95-24-6-2-7-25-95)105-69-73-107(74-70-105)125(103-63-48-89(49-64-103)92-55-78-118-114(81-92)110-33-14-18-36-116(110)127(118)97-28-10-4-11-29-97)101-59-44-87(45-60-101)88-46-61-102(62-47-88)126(104-65-50-90(51-66-104)93-56-79-119-115(82-93)111-34-15-19-37-117(111)128(119)98-30-12-5-13-31-98)108-75-71-106(72-76-108)124(96-26-8-3-9-27-96)100-67-52-91(53-68-100)94-54-77-113-112-35-17-21-39-121(112)130-122(113)83-94/h2-21,23-79,81-83H,1,22,80H2/b41-40-,85-23+. The summed E-state index contributed by atoms with van der Waals surface area (Å²) in [6.45, 7) is 5.00. The van der Waals surface area contributed by atoms with Crippen molar-refractivity contribution < 1.29 is 9.15 Å². The Bertz CT molecular complexity index is 8000. The lowest BCUT2D eigenvalue weighted by Crippen LogP contribution is -2.12. The first-order valence-corrected chi connectivity index (χ1v) is 44.4. The van der Waals surface area contributed by atoms with Gasteiger partial charge in [0.05, 0.1) is 28.7 Å². The number of rotatable bonds is 19. The molecule has 616 valence electrons. The lowest BCUT2D eigenvalue weighted by Gasteiger charge is -2.29. The molecule has 23 rings (SSSR count). The summed E-state index contributed by atoms with van der Waals surface area (Å²) in [6, 6.07) is 169. The fourth-order valence-corrected chi connectivity index (χ4v) is 19.0. The van der Waals surface area contributed by atoms with Gasteiger partial charge in [0, 0.05) is 124 Å². The monoisotopic (exact) mass is 1670 g/mol. The van der Waals surface area contributed by atoms with Crippen LogP contribution in [0.15, 0.2) is 496 Å². The van der Waals surface area contributed by atoms with Crippen molar-refractivity contribution >= 4 is 145 Å². The van der Waals surface area contributed by atoms with E-state index in [1.54, 1.807) is 0 Å². The number of anilines is 12. The molecule has 0 unspecified atom stereocenters. The summed E-state index contributed by atoms with van der Waals surface area (Å²) >= 11 is 0. The van der Waals surface area contributed by atoms with Gasteiger partial charge < -0.3 is 37.9 Å². The van der Waals surface area contributed by atoms with Gasteiger partial charge in [0.1, 0.15) is 16.9 Å². The molecule has 0 spiro atoms. The van der Waals surface area contributed by atoms with Crippen molar-refractivity contribution in [2.45, 2.75) is 6.42 Å². The van der Waals surface area contributed by atoms with E-state index >= 15 is 0 Å². The molecule has 0 amide bonds. The Morgan fingerprint density at radius 3 is 0.946 bits per heavy atom. The summed E-state index contributed by atoms with van der Waals surface area (Å²) in [6.07, 6.45) is 7.30. The number of ether oxygens (including phenoxy) is 1. The van der Waals surface area contributed by atoms with Gasteiger partial charge in [0.25, 0.3) is 0 Å². The van der Waals surface area contributed by atoms with Crippen LogP contribution >= 0.6 is 0 Å². The Morgan fingerprint density at radius 1 is 0.223 bits per heavy atom. The van der Waals surface area contributed by atoms with Crippen molar-refractivity contribution in [2.24, 2.45) is 0 Å². The number of para-hydroxylation sites is 8. The van der Waals surface area contributed by atoms with Crippen LogP contribution < -0.4 is 24.3 Å². The van der Waals surface area contributed by atoms with E-state index in [2.05, 4.69) is 490 Å². The Hall–Kier alpha value is -17.2. The minimum absolute atomic E-state index is 0.571. The van der Waals surface area contributed by atoms with Crippen LogP contribution in [0, 0.1) is 0 Å². The Morgan fingerprint density at radius 2 is 0.523 bits per heavy atom. The molecule has 130 heavy (non-hydrogen) atoms. The molecule has 0 N–H and O–H groups in total. The third-order valence-electron chi connectivity index (χ3n) is 25.4. The molecule has 22 aromatic rings. The second-order valence-corrected chi connectivity index (χ2v) is 33.1. The normalized spacial score (nSPS) is 12.8. The van der Waals surface area contributed by atoms with Crippen LogP contribution in [0.25, 0.3) is 133 Å². The van der Waals surface area contributed by atoms with Crippen molar-refractivity contribution in [3.8, 4) is 61.6 Å². The highest BCUT2D eigenvalue weighted by atomic mass is 16.5. The highest BCUT2D eigenvalue weighted by Gasteiger charge is 2.24. The fraction of sp³-hybridized carbons (Fsp3) is 0.0164. The topological polar surface area (TPSA) is 45.2 Å². The number of fused-ring (bicyclic) bond motifs is 10. The summed E-state index contributed by atoms with van der Waals surface area (Å²) in [5, 5.41) is 7.11. The molecule has 4 heterocycles. The number of hydrogen-bond donors (Lipinski definition) is 0. The van der Waals surface area contributed by atoms with Crippen LogP contribution in [-0.4, -0.2) is 15.7 Å². The predicted molar refractivity (Wildman–Crippen MR) is 546 cm³/mol. The average molecular weight is 1670 g/mol. The molecule has 0 bridgehead atoms. The van der Waals surface area contributed by atoms with E-state index < -0.39 is 0 Å². The Balaban J connectivity index is 0.584. The summed E-state index contributed by atoms with van der Waals surface area (Å²) < 4.78 is 17.4.